The number of imidazole rings is 1. The summed E-state index contributed by atoms with van der Waals surface area (Å²) in [5, 5.41) is 0. The van der Waals surface area contributed by atoms with Crippen LogP contribution in [0.25, 0.3) is 11.0 Å². The van der Waals surface area contributed by atoms with E-state index >= 15 is 0 Å². The molecule has 1 atom stereocenters. The Balaban J connectivity index is 2.15. The normalized spacial score (nSPS) is 20.4. The fourth-order valence-corrected chi connectivity index (χ4v) is 4.00. The first kappa shape index (κ1) is 12.5. The summed E-state index contributed by atoms with van der Waals surface area (Å²) >= 11 is 3.91. The number of thioether (sulfide) groups is 1. The zero-order chi connectivity index (χ0) is 12.7. The van der Waals surface area contributed by atoms with Crippen LogP contribution < -0.4 is 5.73 Å². The van der Waals surface area contributed by atoms with Gasteiger partial charge in [0.15, 0.2) is 0 Å². The summed E-state index contributed by atoms with van der Waals surface area (Å²) in [4.78, 5) is 4.35. The second-order valence-electron chi connectivity index (χ2n) is 4.47. The molecular formula is C12H13FIN3S. The molecule has 1 aliphatic rings. The van der Waals surface area contributed by atoms with Gasteiger partial charge in [0, 0.05) is 17.9 Å². The summed E-state index contributed by atoms with van der Waals surface area (Å²) in [5.41, 5.74) is 7.61. The first-order chi connectivity index (χ1) is 8.66. The fraction of sp³-hybridized carbons (Fsp3) is 0.417. The van der Waals surface area contributed by atoms with Gasteiger partial charge in [-0.3, -0.25) is 0 Å². The lowest BCUT2D eigenvalue weighted by atomic mass is 10.1. The molecule has 1 unspecified atom stereocenters. The Morgan fingerprint density at radius 1 is 1.50 bits per heavy atom. The van der Waals surface area contributed by atoms with Crippen LogP contribution in [0.3, 0.4) is 0 Å². The highest BCUT2D eigenvalue weighted by molar-refractivity contribution is 14.1. The molecule has 3 rings (SSSR count). The predicted octanol–water partition coefficient (Wildman–Crippen LogP) is 3.43. The van der Waals surface area contributed by atoms with E-state index in [-0.39, 0.29) is 5.82 Å². The van der Waals surface area contributed by atoms with Crippen molar-refractivity contribution < 1.29 is 4.39 Å². The third-order valence-electron chi connectivity index (χ3n) is 3.26. The van der Waals surface area contributed by atoms with Crippen LogP contribution in [0.5, 0.6) is 0 Å². The zero-order valence-electron chi connectivity index (χ0n) is 9.70. The van der Waals surface area contributed by atoms with Gasteiger partial charge >= 0.3 is 0 Å². The van der Waals surface area contributed by atoms with Gasteiger partial charge in [0.05, 0.1) is 14.6 Å². The topological polar surface area (TPSA) is 43.8 Å². The molecule has 1 aliphatic heterocycles. The van der Waals surface area contributed by atoms with Crippen molar-refractivity contribution in [1.82, 2.24) is 9.55 Å². The molecule has 0 aliphatic carbocycles. The number of hydrogen-bond donors (Lipinski definition) is 1. The summed E-state index contributed by atoms with van der Waals surface area (Å²) in [6, 6.07) is 3.65. The van der Waals surface area contributed by atoms with E-state index in [4.69, 9.17) is 5.73 Å². The summed E-state index contributed by atoms with van der Waals surface area (Å²) in [5.74, 6) is 2.53. The molecule has 1 aromatic heterocycles. The lowest BCUT2D eigenvalue weighted by Crippen LogP contribution is -2.17. The molecule has 1 saturated heterocycles. The molecule has 6 heteroatoms. The monoisotopic (exact) mass is 377 g/mol. The van der Waals surface area contributed by atoms with Gasteiger partial charge in [0.2, 0.25) is 5.95 Å². The van der Waals surface area contributed by atoms with Gasteiger partial charge in [-0.2, -0.15) is 11.8 Å². The molecule has 96 valence electrons. The van der Waals surface area contributed by atoms with Gasteiger partial charge in [0.25, 0.3) is 0 Å². The van der Waals surface area contributed by atoms with Crippen LogP contribution in [-0.2, 0) is 0 Å². The number of nitrogens with two attached hydrogens (primary N) is 1. The standard InChI is InChI=1S/C12H13FIN3S/c13-8-4-11-10(5-9(8)14)16-12(15)17(11)7-2-1-3-18-6-7/h4-5,7H,1-3,6H2,(H2,15,16). The third kappa shape index (κ3) is 2.09. The Morgan fingerprint density at radius 2 is 2.33 bits per heavy atom. The maximum atomic E-state index is 13.7. The smallest absolute Gasteiger partial charge is 0.201 e. The van der Waals surface area contributed by atoms with E-state index in [0.29, 0.717) is 15.6 Å². The molecule has 1 fully saturated rings. The van der Waals surface area contributed by atoms with Crippen molar-refractivity contribution in [3.8, 4) is 0 Å². The molecule has 3 nitrogen and oxygen atoms in total. The van der Waals surface area contributed by atoms with Gasteiger partial charge in [-0.1, -0.05) is 0 Å². The molecule has 18 heavy (non-hydrogen) atoms. The maximum Gasteiger partial charge on any atom is 0.201 e. The van der Waals surface area contributed by atoms with Crippen LogP contribution in [0.2, 0.25) is 0 Å². The van der Waals surface area contributed by atoms with Crippen LogP contribution in [0, 0.1) is 9.39 Å². The van der Waals surface area contributed by atoms with Crippen molar-refractivity contribution in [2.24, 2.45) is 0 Å². The van der Waals surface area contributed by atoms with Gasteiger partial charge in [-0.25, -0.2) is 9.37 Å². The van der Waals surface area contributed by atoms with E-state index in [1.807, 2.05) is 38.9 Å². The number of rotatable bonds is 1. The molecule has 0 amide bonds. The summed E-state index contributed by atoms with van der Waals surface area (Å²) in [6.45, 7) is 0. The van der Waals surface area contributed by atoms with E-state index in [9.17, 15) is 4.39 Å². The Kier molecular flexibility index (Phi) is 3.40. The summed E-state index contributed by atoms with van der Waals surface area (Å²) < 4.78 is 16.3. The fourth-order valence-electron chi connectivity index (χ4n) is 2.42. The van der Waals surface area contributed by atoms with E-state index in [1.165, 1.54) is 12.2 Å². The molecule has 0 saturated carbocycles. The van der Waals surface area contributed by atoms with Crippen LogP contribution in [0.1, 0.15) is 18.9 Å². The summed E-state index contributed by atoms with van der Waals surface area (Å²) in [6.07, 6.45) is 2.28. The summed E-state index contributed by atoms with van der Waals surface area (Å²) in [7, 11) is 0. The predicted molar refractivity (Wildman–Crippen MR) is 82.4 cm³/mol. The molecule has 0 radical (unpaired) electrons. The molecular weight excluding hydrogens is 364 g/mol. The minimum absolute atomic E-state index is 0.201. The van der Waals surface area contributed by atoms with Crippen LogP contribution >= 0.6 is 34.4 Å². The van der Waals surface area contributed by atoms with Gasteiger partial charge in [-0.05, 0) is 47.3 Å². The lowest BCUT2D eigenvalue weighted by molar-refractivity contribution is 0.516. The number of benzene rings is 1. The number of hydrogen-bond acceptors (Lipinski definition) is 3. The van der Waals surface area contributed by atoms with Crippen LogP contribution in [-0.4, -0.2) is 21.1 Å². The quantitative estimate of drug-likeness (QED) is 0.775. The number of fused-ring (bicyclic) bond motifs is 1. The van der Waals surface area contributed by atoms with E-state index in [2.05, 4.69) is 4.98 Å². The van der Waals surface area contributed by atoms with Crippen molar-refractivity contribution in [3.63, 3.8) is 0 Å². The van der Waals surface area contributed by atoms with E-state index < -0.39 is 0 Å². The highest BCUT2D eigenvalue weighted by Crippen LogP contribution is 2.33. The first-order valence-electron chi connectivity index (χ1n) is 5.87. The Hall–Kier alpha value is -0.500. The number of nitrogens with zero attached hydrogens (tertiary/aromatic N) is 2. The van der Waals surface area contributed by atoms with Crippen molar-refractivity contribution in [3.05, 3.63) is 21.5 Å². The largest absolute Gasteiger partial charge is 0.369 e. The second kappa shape index (κ2) is 4.88. The highest BCUT2D eigenvalue weighted by atomic mass is 127. The highest BCUT2D eigenvalue weighted by Gasteiger charge is 2.21. The van der Waals surface area contributed by atoms with Crippen LogP contribution in [0.4, 0.5) is 10.3 Å². The Morgan fingerprint density at radius 3 is 3.06 bits per heavy atom. The molecule has 2 aromatic rings. The molecule has 1 aromatic carbocycles. The van der Waals surface area contributed by atoms with Gasteiger partial charge < -0.3 is 10.3 Å². The average Bonchev–Trinajstić information content (AvgIpc) is 2.66. The van der Waals surface area contributed by atoms with E-state index in [0.717, 1.165) is 23.2 Å². The Bertz CT molecular complexity index is 593. The first-order valence-corrected chi connectivity index (χ1v) is 8.10. The minimum Gasteiger partial charge on any atom is -0.369 e. The SMILES string of the molecule is Nc1nc2cc(I)c(F)cc2n1C1CCCSC1. The van der Waals surface area contributed by atoms with Crippen LogP contribution in [0.15, 0.2) is 12.1 Å². The molecule has 0 spiro atoms. The number of nitrogen functional groups attached to an aromatic ring is 1. The molecule has 2 heterocycles. The number of anilines is 1. The van der Waals surface area contributed by atoms with Gasteiger partial charge in [0.1, 0.15) is 5.82 Å². The second-order valence-corrected chi connectivity index (χ2v) is 6.78. The van der Waals surface area contributed by atoms with Crippen molar-refractivity contribution in [2.45, 2.75) is 18.9 Å². The zero-order valence-corrected chi connectivity index (χ0v) is 12.7. The van der Waals surface area contributed by atoms with Gasteiger partial charge in [-0.15, -0.1) is 0 Å². The average molecular weight is 377 g/mol. The number of aromatic nitrogens is 2. The molecule has 2 N–H and O–H groups in total. The lowest BCUT2D eigenvalue weighted by Gasteiger charge is -2.24. The van der Waals surface area contributed by atoms with E-state index in [1.54, 1.807) is 12.1 Å². The Labute approximate surface area is 122 Å². The van der Waals surface area contributed by atoms with Crippen molar-refractivity contribution in [2.75, 3.05) is 17.2 Å². The van der Waals surface area contributed by atoms with Crippen molar-refractivity contribution in [1.29, 1.82) is 0 Å². The van der Waals surface area contributed by atoms with Crippen molar-refractivity contribution >= 4 is 51.3 Å². The molecule has 0 bridgehead atoms. The maximum absolute atomic E-state index is 13.7. The number of halogens is 2. The third-order valence-corrected chi connectivity index (χ3v) is 5.28. The minimum atomic E-state index is -0.201.